The maximum atomic E-state index is 2.75. The highest BCUT2D eigenvalue weighted by atomic mass is 32.1. The van der Waals surface area contributed by atoms with E-state index in [0.717, 1.165) is 0 Å². The van der Waals surface area contributed by atoms with Crippen molar-refractivity contribution in [3.05, 3.63) is 148 Å². The highest BCUT2D eigenvalue weighted by molar-refractivity contribution is 7.26. The van der Waals surface area contributed by atoms with Crippen LogP contribution in [0.3, 0.4) is 0 Å². The summed E-state index contributed by atoms with van der Waals surface area (Å²) in [4.78, 5) is 5.48. The Morgan fingerprint density at radius 2 is 1.03 bits per heavy atom. The zero-order valence-electron chi connectivity index (χ0n) is 44.5. The SMILES string of the molecule is CC(C)(C)c1ccc2c(c1)N(c1cccc3c1-c1ccccc1C3(C)C)c1cc(C(C)(C)C)cc3c1B2c1c(sc2cc4c(cc12)C(C)(C)CCC4(C)C)N3c1ccc2c(c1)C(C)(C)CCC2(C)C. The van der Waals surface area contributed by atoms with Crippen molar-refractivity contribution in [2.45, 2.75) is 174 Å². The van der Waals surface area contributed by atoms with Gasteiger partial charge in [-0.1, -0.05) is 165 Å². The van der Waals surface area contributed by atoms with Crippen LogP contribution < -0.4 is 26.2 Å². The lowest BCUT2D eigenvalue weighted by atomic mass is 9.33. The quantitative estimate of drug-likeness (QED) is 0.159. The summed E-state index contributed by atoms with van der Waals surface area (Å²) >= 11 is 2.04. The van der Waals surface area contributed by atoms with E-state index in [-0.39, 0.29) is 44.6 Å². The molecule has 1 aromatic heterocycles. The summed E-state index contributed by atoms with van der Waals surface area (Å²) in [6, 6.07) is 42.1. The molecule has 352 valence electrons. The summed E-state index contributed by atoms with van der Waals surface area (Å²) in [6.45, 7) is 39.1. The molecule has 12 rings (SSSR count). The second-order valence-corrected chi connectivity index (χ2v) is 28.2. The van der Waals surface area contributed by atoms with Crippen molar-refractivity contribution in [1.82, 2.24) is 0 Å². The van der Waals surface area contributed by atoms with Crippen LogP contribution in [0.25, 0.3) is 21.2 Å². The lowest BCUT2D eigenvalue weighted by molar-refractivity contribution is 0.332. The van der Waals surface area contributed by atoms with Crippen molar-refractivity contribution in [2.75, 3.05) is 9.80 Å². The molecule has 3 heterocycles. The van der Waals surface area contributed by atoms with Gasteiger partial charge >= 0.3 is 0 Å². The van der Waals surface area contributed by atoms with Crippen molar-refractivity contribution in [1.29, 1.82) is 0 Å². The van der Waals surface area contributed by atoms with Crippen molar-refractivity contribution >= 4 is 78.0 Å². The van der Waals surface area contributed by atoms with Crippen LogP contribution in [0.4, 0.5) is 33.4 Å². The molecule has 0 atom stereocenters. The molecule has 0 fully saturated rings. The van der Waals surface area contributed by atoms with Crippen molar-refractivity contribution in [2.24, 2.45) is 0 Å². The number of anilines is 6. The van der Waals surface area contributed by atoms with Crippen LogP contribution in [0.15, 0.2) is 103 Å². The minimum atomic E-state index is -0.124. The topological polar surface area (TPSA) is 6.48 Å². The monoisotopic (exact) mass is 925 g/mol. The minimum Gasteiger partial charge on any atom is -0.311 e. The minimum absolute atomic E-state index is 0.0375. The van der Waals surface area contributed by atoms with Crippen molar-refractivity contribution in [3.8, 4) is 11.1 Å². The van der Waals surface area contributed by atoms with Gasteiger partial charge in [-0.3, -0.25) is 0 Å². The lowest BCUT2D eigenvalue weighted by Gasteiger charge is -2.46. The first-order chi connectivity index (χ1) is 32.2. The fourth-order valence-corrected chi connectivity index (χ4v) is 14.9. The standard InChI is InChI=1S/C65H73BN2S/c1-59(2,3)38-24-27-49-51(32-38)68(50-23-19-22-45-55(50)41-20-17-18-21-43(41)65(45,15)16)53-34-39(60(4,5)6)33-52-57(53)66(49)56-42-36-47-48(64(13,14)31-30-63(47,11)12)37-54(42)69-58(56)67(52)40-25-26-44-46(35-40)62(9,10)29-28-61(44,7)8/h17-27,32-37H,28-31H2,1-16H3. The predicted molar refractivity (Wildman–Crippen MR) is 301 cm³/mol. The van der Waals surface area contributed by atoms with Crippen molar-refractivity contribution in [3.63, 3.8) is 0 Å². The number of nitrogens with zero attached hydrogens (tertiary/aromatic N) is 2. The molecule has 69 heavy (non-hydrogen) atoms. The molecule has 2 nitrogen and oxygen atoms in total. The summed E-state index contributed by atoms with van der Waals surface area (Å²) in [5, 5.41) is 2.81. The van der Waals surface area contributed by atoms with Crippen molar-refractivity contribution < 1.29 is 0 Å². The third kappa shape index (κ3) is 6.35. The average Bonchev–Trinajstić information content (AvgIpc) is 3.77. The second kappa shape index (κ2) is 14.1. The predicted octanol–water partition coefficient (Wildman–Crippen LogP) is 16.6. The third-order valence-corrected chi connectivity index (χ3v) is 19.5. The molecule has 0 radical (unpaired) electrons. The summed E-state index contributed by atoms with van der Waals surface area (Å²) < 4.78 is 1.41. The van der Waals surface area contributed by atoms with Gasteiger partial charge in [0.2, 0.25) is 0 Å². The van der Waals surface area contributed by atoms with Crippen LogP contribution in [-0.4, -0.2) is 6.71 Å². The van der Waals surface area contributed by atoms with E-state index in [4.69, 9.17) is 0 Å². The molecule has 4 heteroatoms. The summed E-state index contributed by atoms with van der Waals surface area (Å²) in [5.74, 6) is 0. The van der Waals surface area contributed by atoms with Gasteiger partial charge < -0.3 is 9.80 Å². The number of rotatable bonds is 2. The largest absolute Gasteiger partial charge is 0.311 e. The number of thiophene rings is 1. The van der Waals surface area contributed by atoms with Gasteiger partial charge in [0.1, 0.15) is 0 Å². The number of fused-ring (bicyclic) bond motifs is 11. The van der Waals surface area contributed by atoms with Crippen LogP contribution in [-0.2, 0) is 37.9 Å². The van der Waals surface area contributed by atoms with E-state index in [1.807, 2.05) is 11.3 Å². The van der Waals surface area contributed by atoms with E-state index in [1.54, 1.807) is 0 Å². The molecule has 2 aliphatic heterocycles. The van der Waals surface area contributed by atoms with Crippen LogP contribution >= 0.6 is 11.3 Å². The highest BCUT2D eigenvalue weighted by Gasteiger charge is 2.49. The highest BCUT2D eigenvalue weighted by Crippen LogP contribution is 2.58. The van der Waals surface area contributed by atoms with E-state index >= 15 is 0 Å². The van der Waals surface area contributed by atoms with E-state index < -0.39 is 0 Å². The molecule has 0 unspecified atom stereocenters. The van der Waals surface area contributed by atoms with E-state index in [0.29, 0.717) is 0 Å². The Labute approximate surface area is 418 Å². The Morgan fingerprint density at radius 1 is 0.464 bits per heavy atom. The van der Waals surface area contributed by atoms with Gasteiger partial charge in [-0.05, 0) is 179 Å². The summed E-state index contributed by atoms with van der Waals surface area (Å²) in [6.07, 6.45) is 4.78. The third-order valence-electron chi connectivity index (χ3n) is 18.3. The van der Waals surface area contributed by atoms with E-state index in [1.165, 1.54) is 141 Å². The second-order valence-electron chi connectivity index (χ2n) is 27.2. The van der Waals surface area contributed by atoms with Crippen LogP contribution in [0.5, 0.6) is 0 Å². The van der Waals surface area contributed by atoms with Gasteiger partial charge in [-0.15, -0.1) is 11.3 Å². The van der Waals surface area contributed by atoms with Crippen LogP contribution in [0.1, 0.15) is 181 Å². The van der Waals surface area contributed by atoms with E-state index in [9.17, 15) is 0 Å². The Hall–Kier alpha value is -5.06. The van der Waals surface area contributed by atoms with Gasteiger partial charge in [0.15, 0.2) is 0 Å². The molecule has 0 saturated heterocycles. The van der Waals surface area contributed by atoms with Gasteiger partial charge in [-0.2, -0.15) is 0 Å². The van der Waals surface area contributed by atoms with Gasteiger partial charge in [0, 0.05) is 38.4 Å². The first-order valence-electron chi connectivity index (χ1n) is 26.1. The fraction of sp³-hybridized carbons (Fsp3) is 0.415. The molecule has 0 bridgehead atoms. The Balaban J connectivity index is 1.24. The smallest absolute Gasteiger partial charge is 0.254 e. The fourth-order valence-electron chi connectivity index (χ4n) is 13.6. The van der Waals surface area contributed by atoms with E-state index in [2.05, 4.69) is 224 Å². The average molecular weight is 925 g/mol. The summed E-state index contributed by atoms with van der Waals surface area (Å²) in [5.41, 5.74) is 25.2. The first kappa shape index (κ1) is 45.1. The molecule has 6 aromatic carbocycles. The molecule has 0 amide bonds. The van der Waals surface area contributed by atoms with Gasteiger partial charge in [0.05, 0.1) is 10.7 Å². The molecular weight excluding hydrogens is 852 g/mol. The van der Waals surface area contributed by atoms with Gasteiger partial charge in [-0.25, -0.2) is 0 Å². The Bertz CT molecular complexity index is 3360. The molecular formula is C65H73BN2S. The molecule has 0 N–H and O–H groups in total. The number of hydrogen-bond acceptors (Lipinski definition) is 3. The molecule has 0 saturated carbocycles. The lowest BCUT2D eigenvalue weighted by Crippen LogP contribution is -2.61. The molecule has 3 aliphatic carbocycles. The van der Waals surface area contributed by atoms with Gasteiger partial charge in [0.25, 0.3) is 6.71 Å². The first-order valence-corrected chi connectivity index (χ1v) is 27.0. The maximum Gasteiger partial charge on any atom is 0.254 e. The number of benzene rings is 6. The summed E-state index contributed by atoms with van der Waals surface area (Å²) in [7, 11) is 0. The molecule has 5 aliphatic rings. The zero-order valence-corrected chi connectivity index (χ0v) is 45.3. The van der Waals surface area contributed by atoms with Crippen LogP contribution in [0, 0.1) is 0 Å². The Kier molecular flexibility index (Phi) is 9.21. The zero-order chi connectivity index (χ0) is 48.9. The van der Waals surface area contributed by atoms with Crippen LogP contribution in [0.2, 0.25) is 0 Å². The number of hydrogen-bond donors (Lipinski definition) is 0. The Morgan fingerprint density at radius 3 is 1.68 bits per heavy atom. The maximum absolute atomic E-state index is 2.75. The normalized spacial score (nSPS) is 19.6. The molecule has 7 aromatic rings. The molecule has 0 spiro atoms.